The number of hydrogen-bond donors (Lipinski definition) is 1. The Kier molecular flexibility index (Phi) is 4.26. The Morgan fingerprint density at radius 1 is 1.22 bits per heavy atom. The van der Waals surface area contributed by atoms with Gasteiger partial charge in [0.2, 0.25) is 10.0 Å². The molecular weight excluding hydrogens is 316 g/mol. The molecule has 0 amide bonds. The van der Waals surface area contributed by atoms with Crippen LogP contribution in [0.3, 0.4) is 0 Å². The lowest BCUT2D eigenvalue weighted by molar-refractivity contribution is -0.156. The topological polar surface area (TPSA) is 75.7 Å². The molecule has 3 saturated carbocycles. The Morgan fingerprint density at radius 2 is 1.83 bits per heavy atom. The molecule has 3 aliphatic rings. The molecule has 0 aromatic heterocycles. The van der Waals surface area contributed by atoms with E-state index in [-0.39, 0.29) is 23.2 Å². The molecule has 3 aliphatic carbocycles. The molecule has 3 fully saturated rings. The normalized spacial score (nSPS) is 31.1. The largest absolute Gasteiger partial charge is 0.469 e. The number of nitrogens with zero attached hydrogens (tertiary/aromatic N) is 1. The van der Waals surface area contributed by atoms with Crippen LogP contribution in [0, 0.1) is 10.8 Å². The monoisotopic (exact) mass is 344 g/mol. The van der Waals surface area contributed by atoms with E-state index < -0.39 is 15.4 Å². The van der Waals surface area contributed by atoms with Gasteiger partial charge in [-0.3, -0.25) is 4.79 Å². The summed E-state index contributed by atoms with van der Waals surface area (Å²) in [4.78, 5) is 14.2. The third-order valence-corrected chi connectivity index (χ3v) is 8.02. The zero-order valence-corrected chi connectivity index (χ0v) is 15.1. The van der Waals surface area contributed by atoms with Gasteiger partial charge in [0.1, 0.15) is 0 Å². The first-order valence-electron chi connectivity index (χ1n) is 8.50. The molecule has 6 nitrogen and oxygen atoms in total. The zero-order chi connectivity index (χ0) is 16.9. The molecule has 1 spiro atoms. The SMILES string of the molecule is COC(=O)C1(CS(=O)(=O)NC2CC(N(C)C)C23CCC3)CCC1. The van der Waals surface area contributed by atoms with Crippen molar-refractivity contribution in [1.29, 1.82) is 0 Å². The van der Waals surface area contributed by atoms with Crippen molar-refractivity contribution in [2.24, 2.45) is 10.8 Å². The average molecular weight is 344 g/mol. The highest BCUT2D eigenvalue weighted by molar-refractivity contribution is 7.89. The van der Waals surface area contributed by atoms with Crippen molar-refractivity contribution in [2.75, 3.05) is 27.0 Å². The molecule has 0 aliphatic heterocycles. The van der Waals surface area contributed by atoms with Gasteiger partial charge in [0.15, 0.2) is 0 Å². The molecule has 0 heterocycles. The summed E-state index contributed by atoms with van der Waals surface area (Å²) in [6.45, 7) is 0. The van der Waals surface area contributed by atoms with Crippen LogP contribution in [0.15, 0.2) is 0 Å². The van der Waals surface area contributed by atoms with Crippen LogP contribution in [0.5, 0.6) is 0 Å². The van der Waals surface area contributed by atoms with E-state index in [0.29, 0.717) is 18.9 Å². The van der Waals surface area contributed by atoms with Crippen molar-refractivity contribution in [1.82, 2.24) is 9.62 Å². The van der Waals surface area contributed by atoms with Gasteiger partial charge in [-0.1, -0.05) is 12.8 Å². The maximum Gasteiger partial charge on any atom is 0.312 e. The third-order valence-electron chi connectivity index (χ3n) is 6.44. The molecule has 2 unspecified atom stereocenters. The van der Waals surface area contributed by atoms with Gasteiger partial charge in [-0.05, 0) is 46.2 Å². The Bertz CT molecular complexity index is 579. The Balaban J connectivity index is 1.67. The number of ether oxygens (including phenoxy) is 1. The fourth-order valence-electron chi connectivity index (χ4n) is 4.77. The molecule has 7 heteroatoms. The smallest absolute Gasteiger partial charge is 0.312 e. The van der Waals surface area contributed by atoms with E-state index in [1.165, 1.54) is 13.5 Å². The number of esters is 1. The quantitative estimate of drug-likeness (QED) is 0.731. The van der Waals surface area contributed by atoms with Crippen molar-refractivity contribution in [3.63, 3.8) is 0 Å². The molecule has 2 atom stereocenters. The van der Waals surface area contributed by atoms with E-state index in [4.69, 9.17) is 4.74 Å². The molecular formula is C16H28N2O4S. The van der Waals surface area contributed by atoms with E-state index >= 15 is 0 Å². The van der Waals surface area contributed by atoms with E-state index in [9.17, 15) is 13.2 Å². The van der Waals surface area contributed by atoms with Crippen molar-refractivity contribution in [3.8, 4) is 0 Å². The van der Waals surface area contributed by atoms with Gasteiger partial charge in [-0.15, -0.1) is 0 Å². The van der Waals surface area contributed by atoms with Gasteiger partial charge in [-0.2, -0.15) is 0 Å². The summed E-state index contributed by atoms with van der Waals surface area (Å²) in [7, 11) is 1.98. The van der Waals surface area contributed by atoms with Crippen LogP contribution >= 0.6 is 0 Å². The molecule has 132 valence electrons. The molecule has 1 N–H and O–H groups in total. The van der Waals surface area contributed by atoms with Crippen LogP contribution in [0.25, 0.3) is 0 Å². The number of methoxy groups -OCH3 is 1. The van der Waals surface area contributed by atoms with E-state index in [1.807, 2.05) is 0 Å². The number of rotatable bonds is 6. The highest BCUT2D eigenvalue weighted by Crippen LogP contribution is 2.57. The van der Waals surface area contributed by atoms with Gasteiger partial charge in [0.25, 0.3) is 0 Å². The summed E-state index contributed by atoms with van der Waals surface area (Å²) in [6.07, 6.45) is 6.32. The summed E-state index contributed by atoms with van der Waals surface area (Å²) >= 11 is 0. The Labute approximate surface area is 139 Å². The van der Waals surface area contributed by atoms with Crippen LogP contribution < -0.4 is 4.72 Å². The average Bonchev–Trinajstić information content (AvgIpc) is 2.35. The lowest BCUT2D eigenvalue weighted by Crippen LogP contribution is -2.70. The fraction of sp³-hybridized carbons (Fsp3) is 0.938. The number of nitrogens with one attached hydrogen (secondary N) is 1. The second-order valence-electron chi connectivity index (χ2n) is 7.86. The van der Waals surface area contributed by atoms with E-state index in [0.717, 1.165) is 25.7 Å². The minimum absolute atomic E-state index is 0.0171. The highest BCUT2D eigenvalue weighted by atomic mass is 32.2. The predicted molar refractivity (Wildman–Crippen MR) is 87.4 cm³/mol. The second kappa shape index (κ2) is 5.70. The van der Waals surface area contributed by atoms with Gasteiger partial charge in [-0.25, -0.2) is 13.1 Å². The molecule has 23 heavy (non-hydrogen) atoms. The van der Waals surface area contributed by atoms with Crippen molar-refractivity contribution < 1.29 is 17.9 Å². The van der Waals surface area contributed by atoms with Crippen LogP contribution in [-0.2, 0) is 19.6 Å². The predicted octanol–water partition coefficient (Wildman–Crippen LogP) is 1.12. The summed E-state index contributed by atoms with van der Waals surface area (Å²) in [5, 5.41) is 0. The molecule has 0 aromatic rings. The number of sulfonamides is 1. The number of carbonyl (C=O) groups is 1. The van der Waals surface area contributed by atoms with Gasteiger partial charge >= 0.3 is 5.97 Å². The number of hydrogen-bond acceptors (Lipinski definition) is 5. The third kappa shape index (κ3) is 2.70. The minimum Gasteiger partial charge on any atom is -0.469 e. The number of carbonyl (C=O) groups excluding carboxylic acids is 1. The lowest BCUT2D eigenvalue weighted by Gasteiger charge is -2.63. The zero-order valence-electron chi connectivity index (χ0n) is 14.3. The molecule has 0 bridgehead atoms. The first-order valence-corrected chi connectivity index (χ1v) is 10.1. The molecule has 0 aromatic carbocycles. The first kappa shape index (κ1) is 17.2. The van der Waals surface area contributed by atoms with Crippen LogP contribution in [-0.4, -0.2) is 58.3 Å². The molecule has 0 radical (unpaired) electrons. The minimum atomic E-state index is -3.48. The van der Waals surface area contributed by atoms with Crippen molar-refractivity contribution in [2.45, 2.75) is 57.0 Å². The van der Waals surface area contributed by atoms with Crippen LogP contribution in [0.2, 0.25) is 0 Å². The van der Waals surface area contributed by atoms with Crippen LogP contribution in [0.1, 0.15) is 44.9 Å². The Hall–Kier alpha value is -0.660. The molecule has 3 rings (SSSR count). The maximum atomic E-state index is 12.6. The summed E-state index contributed by atoms with van der Waals surface area (Å²) in [5.41, 5.74) is -0.716. The molecule has 0 saturated heterocycles. The van der Waals surface area contributed by atoms with E-state index in [2.05, 4.69) is 23.7 Å². The fourth-order valence-corrected chi connectivity index (χ4v) is 6.75. The van der Waals surface area contributed by atoms with E-state index in [1.54, 1.807) is 0 Å². The van der Waals surface area contributed by atoms with Gasteiger partial charge < -0.3 is 9.64 Å². The van der Waals surface area contributed by atoms with Crippen LogP contribution in [0.4, 0.5) is 0 Å². The van der Waals surface area contributed by atoms with Gasteiger partial charge in [0, 0.05) is 17.5 Å². The first-order chi connectivity index (χ1) is 10.7. The van der Waals surface area contributed by atoms with Crippen molar-refractivity contribution in [3.05, 3.63) is 0 Å². The van der Waals surface area contributed by atoms with Crippen molar-refractivity contribution >= 4 is 16.0 Å². The van der Waals surface area contributed by atoms with Gasteiger partial charge in [0.05, 0.1) is 18.3 Å². The maximum absolute atomic E-state index is 12.6. The highest BCUT2D eigenvalue weighted by Gasteiger charge is 2.60. The standard InChI is InChI=1S/C16H28N2O4S/c1-18(2)13-10-12(16(13)8-5-9-16)17-23(20,21)11-15(6-4-7-15)14(19)22-3/h12-13,17H,4-11H2,1-3H3. The summed E-state index contributed by atoms with van der Waals surface area (Å²) in [6, 6.07) is 0.477. The summed E-state index contributed by atoms with van der Waals surface area (Å²) < 4.78 is 33.0. The second-order valence-corrected chi connectivity index (χ2v) is 9.61. The summed E-state index contributed by atoms with van der Waals surface area (Å²) in [5.74, 6) is -0.515. The Morgan fingerprint density at radius 3 is 2.22 bits per heavy atom. The lowest BCUT2D eigenvalue weighted by atomic mass is 9.50.